The van der Waals surface area contributed by atoms with Gasteiger partial charge in [0.05, 0.1) is 5.89 Å². The van der Waals surface area contributed by atoms with E-state index in [0.29, 0.717) is 11.7 Å². The van der Waals surface area contributed by atoms with Crippen LogP contribution in [-0.4, -0.2) is 20.9 Å². The van der Waals surface area contributed by atoms with E-state index in [1.807, 2.05) is 59.7 Å². The van der Waals surface area contributed by atoms with Gasteiger partial charge in [0.2, 0.25) is 0 Å². The summed E-state index contributed by atoms with van der Waals surface area (Å²) < 4.78 is 5.60. The number of aromatic nitrogens is 2. The van der Waals surface area contributed by atoms with Gasteiger partial charge in [0.1, 0.15) is 5.76 Å². The van der Waals surface area contributed by atoms with E-state index >= 15 is 0 Å². The van der Waals surface area contributed by atoms with E-state index in [0.717, 1.165) is 5.69 Å². The number of nitrogens with zero attached hydrogens (tertiary/aromatic N) is 2. The molecule has 163 valence electrons. The summed E-state index contributed by atoms with van der Waals surface area (Å²) in [7, 11) is 0. The Labute approximate surface area is 188 Å². The Balaban J connectivity index is 0.000000530. The number of oxazole rings is 1. The maximum atomic E-state index is 11.5. The molecule has 0 unspecified atom stereocenters. The van der Waals surface area contributed by atoms with Crippen molar-refractivity contribution in [2.75, 3.05) is 0 Å². The van der Waals surface area contributed by atoms with Crippen molar-refractivity contribution in [1.29, 1.82) is 0 Å². The van der Waals surface area contributed by atoms with Crippen molar-refractivity contribution in [1.82, 2.24) is 9.97 Å². The van der Waals surface area contributed by atoms with Gasteiger partial charge in [0.15, 0.2) is 5.78 Å². The van der Waals surface area contributed by atoms with Crippen LogP contribution in [0.3, 0.4) is 0 Å². The second-order valence-electron chi connectivity index (χ2n) is 9.82. The van der Waals surface area contributed by atoms with Crippen molar-refractivity contribution < 1.29 is 34.4 Å². The van der Waals surface area contributed by atoms with E-state index in [-0.39, 0.29) is 42.5 Å². The minimum absolute atomic E-state index is 0. The van der Waals surface area contributed by atoms with Crippen LogP contribution in [-0.2, 0) is 30.3 Å². The Morgan fingerprint density at radius 3 is 2.00 bits per heavy atom. The minimum Gasteiger partial charge on any atom is -0.522 e. The molecule has 0 aliphatic carbocycles. The van der Waals surface area contributed by atoms with Crippen molar-refractivity contribution in [3.8, 4) is 11.5 Å². The molecule has 0 aliphatic heterocycles. The summed E-state index contributed by atoms with van der Waals surface area (Å²) >= 11 is 0. The molecule has 0 saturated carbocycles. The number of aliphatic hydroxyl groups excluding tert-OH is 1. The SMILES string of the molecule is CC(C)(C)C(=O)/C=C(\O)C(C)(C)C.CC(C)(C)c1n[c-]c(-c2ccccn2)o1.[Ir]. The predicted octanol–water partition coefficient (Wildman–Crippen LogP) is 5.92. The maximum absolute atomic E-state index is 11.5. The molecule has 2 aromatic heterocycles. The number of pyridine rings is 1. The fraction of sp³-hybridized carbons (Fsp3) is 0.522. The summed E-state index contributed by atoms with van der Waals surface area (Å²) in [5, 5.41) is 9.56. The fourth-order valence-electron chi connectivity index (χ4n) is 1.73. The monoisotopic (exact) mass is 578 g/mol. The van der Waals surface area contributed by atoms with Gasteiger partial charge in [-0.1, -0.05) is 74.4 Å². The number of allylic oxidation sites excluding steroid dienone is 2. The van der Waals surface area contributed by atoms with Crippen molar-refractivity contribution in [2.45, 2.75) is 67.7 Å². The van der Waals surface area contributed by atoms with Crippen molar-refractivity contribution in [3.05, 3.63) is 48.3 Å². The van der Waals surface area contributed by atoms with Crippen LogP contribution in [0.5, 0.6) is 0 Å². The molecule has 0 amide bonds. The third-order valence-corrected chi connectivity index (χ3v) is 3.77. The zero-order valence-corrected chi connectivity index (χ0v) is 21.3. The predicted molar refractivity (Wildman–Crippen MR) is 112 cm³/mol. The van der Waals surface area contributed by atoms with Crippen LogP contribution >= 0.6 is 0 Å². The molecular formula is C23H33IrN2O3-. The minimum atomic E-state index is -0.417. The van der Waals surface area contributed by atoms with Crippen molar-refractivity contribution in [3.63, 3.8) is 0 Å². The quantitative estimate of drug-likeness (QED) is 0.272. The smallest absolute Gasteiger partial charge is 0.164 e. The summed E-state index contributed by atoms with van der Waals surface area (Å²) in [5.74, 6) is 1.39. The second kappa shape index (κ2) is 10.3. The molecule has 0 atom stereocenters. The van der Waals surface area contributed by atoms with E-state index in [1.54, 1.807) is 6.20 Å². The molecule has 0 aromatic carbocycles. The first-order valence-electron chi connectivity index (χ1n) is 9.38. The molecule has 0 saturated heterocycles. The van der Waals surface area contributed by atoms with Gasteiger partial charge in [0.25, 0.3) is 0 Å². The molecule has 2 heterocycles. The molecule has 6 heteroatoms. The third kappa shape index (κ3) is 9.05. The number of carbonyl (C=O) groups is 1. The van der Waals surface area contributed by atoms with Gasteiger partial charge in [-0.2, -0.15) is 0 Å². The van der Waals surface area contributed by atoms with Crippen LogP contribution in [0.15, 0.2) is 40.6 Å². The van der Waals surface area contributed by atoms with E-state index in [9.17, 15) is 9.90 Å². The molecule has 1 N–H and O–H groups in total. The molecule has 1 radical (unpaired) electrons. The van der Waals surface area contributed by atoms with Crippen LogP contribution in [0, 0.1) is 17.0 Å². The molecular weight excluding hydrogens is 544 g/mol. The Morgan fingerprint density at radius 2 is 1.62 bits per heavy atom. The first-order chi connectivity index (χ1) is 12.6. The Bertz CT molecular complexity index is 805. The number of carbonyl (C=O) groups excluding carboxylic acids is 1. The average molecular weight is 578 g/mol. The standard InChI is InChI=1S/C12H13N2O.C11H20O2.Ir/c1-12(2,3)11-14-8-10(15-11)9-6-4-5-7-13-9;1-10(2,3)8(12)7-9(13)11(4,5)6;/h4-7H,1-3H3;7,12H,1-6H3;/q-1;;/b;8-7-;. The van der Waals surface area contributed by atoms with Gasteiger partial charge in [-0.3, -0.25) is 4.79 Å². The average Bonchev–Trinajstić information content (AvgIpc) is 3.04. The summed E-state index contributed by atoms with van der Waals surface area (Å²) in [5.41, 5.74) is -0.0931. The number of hydrogen-bond donors (Lipinski definition) is 1. The fourth-order valence-corrected chi connectivity index (χ4v) is 1.73. The number of hydrogen-bond acceptors (Lipinski definition) is 5. The maximum Gasteiger partial charge on any atom is 0.164 e. The van der Waals surface area contributed by atoms with Crippen LogP contribution < -0.4 is 0 Å². The van der Waals surface area contributed by atoms with Gasteiger partial charge >= 0.3 is 0 Å². The van der Waals surface area contributed by atoms with Crippen LogP contribution in [0.25, 0.3) is 11.5 Å². The summed E-state index contributed by atoms with van der Waals surface area (Å²) in [4.78, 5) is 19.8. The van der Waals surface area contributed by atoms with E-state index in [2.05, 4.69) is 36.9 Å². The summed E-state index contributed by atoms with van der Waals surface area (Å²) in [6, 6.07) is 5.66. The molecule has 5 nitrogen and oxygen atoms in total. The van der Waals surface area contributed by atoms with Gasteiger partial charge in [-0.05, 0) is 17.7 Å². The van der Waals surface area contributed by atoms with E-state index in [1.165, 1.54) is 6.08 Å². The second-order valence-corrected chi connectivity index (χ2v) is 9.82. The molecule has 29 heavy (non-hydrogen) atoms. The van der Waals surface area contributed by atoms with E-state index in [4.69, 9.17) is 4.42 Å². The zero-order valence-electron chi connectivity index (χ0n) is 18.9. The van der Waals surface area contributed by atoms with Crippen molar-refractivity contribution in [2.24, 2.45) is 10.8 Å². The van der Waals surface area contributed by atoms with Gasteiger partial charge in [-0.25, -0.2) is 0 Å². The van der Waals surface area contributed by atoms with Crippen LogP contribution in [0.4, 0.5) is 0 Å². The molecule has 2 rings (SSSR count). The molecule has 0 bridgehead atoms. The number of aliphatic hydroxyl groups is 1. The normalized spacial score (nSPS) is 12.5. The topological polar surface area (TPSA) is 76.2 Å². The van der Waals surface area contributed by atoms with Gasteiger partial charge in [-0.15, -0.1) is 0 Å². The van der Waals surface area contributed by atoms with Gasteiger partial charge < -0.3 is 19.5 Å². The molecule has 2 aromatic rings. The summed E-state index contributed by atoms with van der Waals surface area (Å²) in [6.07, 6.45) is 5.91. The molecule has 0 fully saturated rings. The summed E-state index contributed by atoms with van der Waals surface area (Å²) in [6.45, 7) is 17.3. The molecule has 0 spiro atoms. The first kappa shape index (κ1) is 27.2. The van der Waals surface area contributed by atoms with Crippen LogP contribution in [0.1, 0.15) is 68.2 Å². The van der Waals surface area contributed by atoms with Gasteiger partial charge in [0, 0.05) is 54.7 Å². The number of ketones is 1. The largest absolute Gasteiger partial charge is 0.522 e. The first-order valence-corrected chi connectivity index (χ1v) is 9.38. The Hall–Kier alpha value is -1.78. The Morgan fingerprint density at radius 1 is 1.03 bits per heavy atom. The van der Waals surface area contributed by atoms with Crippen molar-refractivity contribution >= 4 is 5.78 Å². The van der Waals surface area contributed by atoms with Crippen LogP contribution in [0.2, 0.25) is 0 Å². The van der Waals surface area contributed by atoms with E-state index < -0.39 is 5.41 Å². The Kier molecular flexibility index (Phi) is 9.68. The molecule has 0 aliphatic rings. The third-order valence-electron chi connectivity index (χ3n) is 3.77. The number of rotatable bonds is 2. The zero-order chi connectivity index (χ0) is 21.8.